The van der Waals surface area contributed by atoms with Crippen molar-refractivity contribution >= 4 is 23.2 Å². The van der Waals surface area contributed by atoms with Crippen LogP contribution in [-0.2, 0) is 6.54 Å². The van der Waals surface area contributed by atoms with Crippen LogP contribution in [0.3, 0.4) is 0 Å². The summed E-state index contributed by atoms with van der Waals surface area (Å²) in [5, 5.41) is 1.08. The molecule has 2 N–H and O–H groups in total. The van der Waals surface area contributed by atoms with Crippen molar-refractivity contribution in [2.24, 2.45) is 5.73 Å². The van der Waals surface area contributed by atoms with Crippen LogP contribution in [0.15, 0.2) is 42.5 Å². The number of hydrogen-bond acceptors (Lipinski definition) is 2. The lowest BCUT2D eigenvalue weighted by Gasteiger charge is -2.27. The average Bonchev–Trinajstić information content (AvgIpc) is 2.41. The molecule has 2 nitrogen and oxygen atoms in total. The third kappa shape index (κ3) is 4.42. The van der Waals surface area contributed by atoms with Crippen molar-refractivity contribution < 1.29 is 4.39 Å². The van der Waals surface area contributed by atoms with Gasteiger partial charge < -0.3 is 5.73 Å². The summed E-state index contributed by atoms with van der Waals surface area (Å²) in [6, 6.07) is 12.0. The number of likely N-dealkylation sites (N-methyl/N-ethyl adjacent to an activating group) is 1. The minimum absolute atomic E-state index is 0.103. The van der Waals surface area contributed by atoms with Crippen LogP contribution in [0.25, 0.3) is 0 Å². The number of benzene rings is 2. The predicted molar refractivity (Wildman–Crippen MR) is 86.1 cm³/mol. The van der Waals surface area contributed by atoms with E-state index in [0.29, 0.717) is 23.1 Å². The van der Waals surface area contributed by atoms with E-state index in [9.17, 15) is 4.39 Å². The second-order valence-electron chi connectivity index (χ2n) is 5.00. The quantitative estimate of drug-likeness (QED) is 0.889. The highest BCUT2D eigenvalue weighted by molar-refractivity contribution is 6.30. The summed E-state index contributed by atoms with van der Waals surface area (Å²) < 4.78 is 13.5. The first-order valence-electron chi connectivity index (χ1n) is 6.60. The van der Waals surface area contributed by atoms with Gasteiger partial charge in [-0.05, 0) is 48.5 Å². The summed E-state index contributed by atoms with van der Waals surface area (Å²) in [6.45, 7) is 1.07. The lowest BCUT2D eigenvalue weighted by Crippen LogP contribution is -2.30. The molecule has 21 heavy (non-hydrogen) atoms. The number of nitrogens with two attached hydrogens (primary N) is 1. The van der Waals surface area contributed by atoms with Gasteiger partial charge in [-0.2, -0.15) is 0 Å². The third-order valence-corrected chi connectivity index (χ3v) is 3.84. The standard InChI is InChI=1S/C16H17Cl2FN2/c1-21(10-11-2-4-13(17)5-3-11)16(9-20)12-6-14(18)8-15(19)7-12/h2-8,16H,9-10,20H2,1H3. The summed E-state index contributed by atoms with van der Waals surface area (Å²) in [6.07, 6.45) is 0. The van der Waals surface area contributed by atoms with Crippen LogP contribution in [0, 0.1) is 5.82 Å². The minimum atomic E-state index is -0.351. The molecule has 0 fully saturated rings. The smallest absolute Gasteiger partial charge is 0.125 e. The molecule has 0 aliphatic carbocycles. The van der Waals surface area contributed by atoms with Crippen molar-refractivity contribution in [3.05, 3.63) is 69.5 Å². The van der Waals surface area contributed by atoms with Gasteiger partial charge in [0, 0.05) is 29.2 Å². The maximum Gasteiger partial charge on any atom is 0.125 e. The molecular weight excluding hydrogens is 310 g/mol. The molecule has 5 heteroatoms. The van der Waals surface area contributed by atoms with Crippen molar-refractivity contribution in [3.63, 3.8) is 0 Å². The minimum Gasteiger partial charge on any atom is -0.329 e. The van der Waals surface area contributed by atoms with Gasteiger partial charge in [-0.3, -0.25) is 4.90 Å². The first-order valence-corrected chi connectivity index (χ1v) is 7.36. The second-order valence-corrected chi connectivity index (χ2v) is 5.87. The highest BCUT2D eigenvalue weighted by atomic mass is 35.5. The van der Waals surface area contributed by atoms with Crippen LogP contribution < -0.4 is 5.73 Å². The Kier molecular flexibility index (Phi) is 5.59. The molecular formula is C16H17Cl2FN2. The average molecular weight is 327 g/mol. The molecule has 0 heterocycles. The molecule has 2 aromatic rings. The molecule has 0 radical (unpaired) electrons. The Morgan fingerprint density at radius 3 is 2.33 bits per heavy atom. The number of nitrogens with zero attached hydrogens (tertiary/aromatic N) is 1. The largest absolute Gasteiger partial charge is 0.329 e. The van der Waals surface area contributed by atoms with Crippen LogP contribution in [0.4, 0.5) is 4.39 Å². The number of halogens is 3. The zero-order valence-electron chi connectivity index (χ0n) is 11.7. The molecule has 0 amide bonds. The second kappa shape index (κ2) is 7.23. The summed E-state index contributed by atoms with van der Waals surface area (Å²) >= 11 is 11.8. The SMILES string of the molecule is CN(Cc1ccc(Cl)cc1)C(CN)c1cc(F)cc(Cl)c1. The Labute approximate surface area is 134 Å². The summed E-state index contributed by atoms with van der Waals surface area (Å²) in [4.78, 5) is 2.06. The van der Waals surface area contributed by atoms with Crippen LogP contribution in [0.1, 0.15) is 17.2 Å². The maximum atomic E-state index is 13.5. The highest BCUT2D eigenvalue weighted by Gasteiger charge is 2.17. The Morgan fingerprint density at radius 2 is 1.76 bits per heavy atom. The normalized spacial score (nSPS) is 12.7. The summed E-state index contributed by atoms with van der Waals surface area (Å²) in [5.41, 5.74) is 7.75. The molecule has 112 valence electrons. The van der Waals surface area contributed by atoms with Crippen molar-refractivity contribution in [2.45, 2.75) is 12.6 Å². The van der Waals surface area contributed by atoms with Gasteiger partial charge in [0.15, 0.2) is 0 Å². The van der Waals surface area contributed by atoms with E-state index in [4.69, 9.17) is 28.9 Å². The maximum absolute atomic E-state index is 13.5. The Bertz CT molecular complexity index is 581. The number of hydrogen-bond donors (Lipinski definition) is 1. The summed E-state index contributed by atoms with van der Waals surface area (Å²) in [7, 11) is 1.95. The Hall–Kier alpha value is -1.13. The molecule has 1 unspecified atom stereocenters. The third-order valence-electron chi connectivity index (χ3n) is 3.37. The number of rotatable bonds is 5. The fourth-order valence-corrected chi connectivity index (χ4v) is 2.68. The Morgan fingerprint density at radius 1 is 1.10 bits per heavy atom. The van der Waals surface area contributed by atoms with Crippen molar-refractivity contribution in [1.82, 2.24) is 4.90 Å². The van der Waals surface area contributed by atoms with E-state index in [1.807, 2.05) is 31.3 Å². The van der Waals surface area contributed by atoms with Crippen molar-refractivity contribution in [3.8, 4) is 0 Å². The molecule has 1 atom stereocenters. The fourth-order valence-electron chi connectivity index (χ4n) is 2.33. The van der Waals surface area contributed by atoms with E-state index < -0.39 is 0 Å². The molecule has 0 saturated carbocycles. The van der Waals surface area contributed by atoms with E-state index in [1.165, 1.54) is 12.1 Å². The van der Waals surface area contributed by atoms with Gasteiger partial charge in [-0.15, -0.1) is 0 Å². The lowest BCUT2D eigenvalue weighted by molar-refractivity contribution is 0.241. The van der Waals surface area contributed by atoms with Crippen LogP contribution in [0.2, 0.25) is 10.0 Å². The summed E-state index contributed by atoms with van der Waals surface area (Å²) in [5.74, 6) is -0.351. The van der Waals surface area contributed by atoms with Gasteiger partial charge in [-0.25, -0.2) is 4.39 Å². The van der Waals surface area contributed by atoms with Crippen LogP contribution >= 0.6 is 23.2 Å². The zero-order chi connectivity index (χ0) is 15.4. The van der Waals surface area contributed by atoms with E-state index in [0.717, 1.165) is 11.1 Å². The molecule has 0 saturated heterocycles. The highest BCUT2D eigenvalue weighted by Crippen LogP contribution is 2.24. The van der Waals surface area contributed by atoms with Gasteiger partial charge in [0.25, 0.3) is 0 Å². The van der Waals surface area contributed by atoms with Crippen LogP contribution in [0.5, 0.6) is 0 Å². The van der Waals surface area contributed by atoms with Crippen LogP contribution in [-0.4, -0.2) is 18.5 Å². The van der Waals surface area contributed by atoms with E-state index >= 15 is 0 Å². The van der Waals surface area contributed by atoms with Crippen molar-refractivity contribution in [1.29, 1.82) is 0 Å². The molecule has 0 aromatic heterocycles. The molecule has 0 spiro atoms. The van der Waals surface area contributed by atoms with E-state index in [2.05, 4.69) is 4.90 Å². The topological polar surface area (TPSA) is 29.3 Å². The molecule has 0 bridgehead atoms. The molecule has 0 aliphatic rings. The van der Waals surface area contributed by atoms with Gasteiger partial charge >= 0.3 is 0 Å². The van der Waals surface area contributed by atoms with E-state index in [-0.39, 0.29) is 11.9 Å². The fraction of sp³-hybridized carbons (Fsp3) is 0.250. The molecule has 2 rings (SSSR count). The first-order chi connectivity index (χ1) is 9.99. The van der Waals surface area contributed by atoms with Gasteiger partial charge in [0.1, 0.15) is 5.82 Å². The van der Waals surface area contributed by atoms with Gasteiger partial charge in [0.2, 0.25) is 0 Å². The van der Waals surface area contributed by atoms with E-state index in [1.54, 1.807) is 6.07 Å². The Balaban J connectivity index is 2.17. The van der Waals surface area contributed by atoms with Gasteiger partial charge in [-0.1, -0.05) is 35.3 Å². The predicted octanol–water partition coefficient (Wildman–Crippen LogP) is 4.26. The van der Waals surface area contributed by atoms with Gasteiger partial charge in [0.05, 0.1) is 0 Å². The van der Waals surface area contributed by atoms with Crippen molar-refractivity contribution in [2.75, 3.05) is 13.6 Å². The zero-order valence-corrected chi connectivity index (χ0v) is 13.2. The monoisotopic (exact) mass is 326 g/mol. The molecule has 0 aliphatic heterocycles. The lowest BCUT2D eigenvalue weighted by atomic mass is 10.0. The molecule has 2 aromatic carbocycles. The first kappa shape index (κ1) is 16.2.